The highest BCUT2D eigenvalue weighted by Crippen LogP contribution is 2.26. The first-order chi connectivity index (χ1) is 10.0. The summed E-state index contributed by atoms with van der Waals surface area (Å²) < 4.78 is 0. The molecule has 0 unspecified atom stereocenters. The average Bonchev–Trinajstić information content (AvgIpc) is 2.47. The highest BCUT2D eigenvalue weighted by molar-refractivity contribution is 6.08. The Morgan fingerprint density at radius 3 is 2.48 bits per heavy atom. The fourth-order valence-corrected chi connectivity index (χ4v) is 1.84. The van der Waals surface area contributed by atoms with Gasteiger partial charge in [0.1, 0.15) is 11.3 Å². The number of nitro groups is 1. The maximum Gasteiger partial charge on any atom is 0.304 e. The molecule has 0 saturated carbocycles. The van der Waals surface area contributed by atoms with Gasteiger partial charge in [-0.2, -0.15) is 0 Å². The lowest BCUT2D eigenvalue weighted by molar-refractivity contribution is -0.384. The summed E-state index contributed by atoms with van der Waals surface area (Å²) in [6.45, 7) is -0.102. The zero-order valence-electron chi connectivity index (χ0n) is 10.9. The number of amides is 1. The van der Waals surface area contributed by atoms with Crippen LogP contribution in [0.25, 0.3) is 0 Å². The van der Waals surface area contributed by atoms with Gasteiger partial charge in [-0.25, -0.2) is 0 Å². The van der Waals surface area contributed by atoms with Crippen molar-refractivity contribution in [3.05, 3.63) is 63.7 Å². The number of carbonyl (C=O) groups excluding carboxylic acids is 1. The number of benzene rings is 2. The molecule has 0 bridgehead atoms. The number of aliphatic hydroxyl groups is 1. The second kappa shape index (κ2) is 6.02. The third-order valence-corrected chi connectivity index (χ3v) is 2.89. The Labute approximate surface area is 120 Å². The molecule has 1 amide bonds. The lowest BCUT2D eigenvalue weighted by atomic mass is 10.1. The third-order valence-electron chi connectivity index (χ3n) is 2.89. The molecule has 0 spiro atoms. The van der Waals surface area contributed by atoms with Crippen LogP contribution in [0, 0.1) is 10.1 Å². The summed E-state index contributed by atoms with van der Waals surface area (Å²) in [6.07, 6.45) is 0. The van der Waals surface area contributed by atoms with Gasteiger partial charge in [0.25, 0.3) is 5.91 Å². The van der Waals surface area contributed by atoms with Crippen LogP contribution < -0.4 is 11.1 Å². The molecule has 0 aliphatic heterocycles. The minimum atomic E-state index is -0.681. The standard InChI is InChI=1S/C14H13N3O4/c15-12-3-1-2-11(13(12)17(20)21)14(19)16-10-6-4-9(8-18)5-7-10/h1-7,18H,8,15H2,(H,16,19). The minimum Gasteiger partial charge on any atom is -0.393 e. The van der Waals surface area contributed by atoms with Gasteiger partial charge in [0, 0.05) is 5.69 Å². The monoisotopic (exact) mass is 287 g/mol. The summed E-state index contributed by atoms with van der Waals surface area (Å²) in [5, 5.41) is 22.5. The number of nitrogens with two attached hydrogens (primary N) is 1. The van der Waals surface area contributed by atoms with E-state index < -0.39 is 16.5 Å². The number of anilines is 2. The zero-order valence-corrected chi connectivity index (χ0v) is 10.9. The summed E-state index contributed by atoms with van der Waals surface area (Å²) in [6, 6.07) is 10.7. The molecule has 0 aliphatic rings. The fourth-order valence-electron chi connectivity index (χ4n) is 1.84. The maximum absolute atomic E-state index is 12.1. The van der Waals surface area contributed by atoms with Gasteiger partial charge in [-0.15, -0.1) is 0 Å². The number of rotatable bonds is 4. The molecule has 0 saturated heterocycles. The Hall–Kier alpha value is -2.93. The molecule has 7 nitrogen and oxygen atoms in total. The summed E-state index contributed by atoms with van der Waals surface area (Å²) in [5.74, 6) is -0.620. The highest BCUT2D eigenvalue weighted by atomic mass is 16.6. The molecule has 0 fully saturated rings. The molecular weight excluding hydrogens is 274 g/mol. The van der Waals surface area contributed by atoms with Crippen molar-refractivity contribution in [2.45, 2.75) is 6.61 Å². The lowest BCUT2D eigenvalue weighted by Crippen LogP contribution is -2.14. The second-order valence-corrected chi connectivity index (χ2v) is 4.31. The number of nitrogens with one attached hydrogen (secondary N) is 1. The van der Waals surface area contributed by atoms with Crippen LogP contribution in [0.4, 0.5) is 17.1 Å². The van der Waals surface area contributed by atoms with Crippen molar-refractivity contribution in [3.63, 3.8) is 0 Å². The van der Waals surface area contributed by atoms with Gasteiger partial charge < -0.3 is 16.2 Å². The lowest BCUT2D eigenvalue weighted by Gasteiger charge is -2.07. The van der Waals surface area contributed by atoms with Crippen molar-refractivity contribution >= 4 is 23.0 Å². The predicted octanol–water partition coefficient (Wildman–Crippen LogP) is 1.92. The smallest absolute Gasteiger partial charge is 0.304 e. The molecule has 0 aromatic heterocycles. The van der Waals surface area contributed by atoms with Crippen molar-refractivity contribution in [2.75, 3.05) is 11.1 Å². The van der Waals surface area contributed by atoms with E-state index >= 15 is 0 Å². The molecule has 0 atom stereocenters. The molecule has 0 heterocycles. The molecule has 21 heavy (non-hydrogen) atoms. The van der Waals surface area contributed by atoms with E-state index in [1.165, 1.54) is 18.2 Å². The van der Waals surface area contributed by atoms with Gasteiger partial charge in [-0.1, -0.05) is 18.2 Å². The molecule has 0 radical (unpaired) electrons. The molecule has 108 valence electrons. The van der Waals surface area contributed by atoms with Crippen molar-refractivity contribution in [3.8, 4) is 0 Å². The van der Waals surface area contributed by atoms with Gasteiger partial charge in [-0.3, -0.25) is 14.9 Å². The van der Waals surface area contributed by atoms with Crippen molar-refractivity contribution < 1.29 is 14.8 Å². The summed E-state index contributed by atoms with van der Waals surface area (Å²) in [7, 11) is 0. The number of hydrogen-bond acceptors (Lipinski definition) is 5. The van der Waals surface area contributed by atoms with Crippen LogP contribution in [-0.4, -0.2) is 15.9 Å². The predicted molar refractivity (Wildman–Crippen MR) is 77.8 cm³/mol. The van der Waals surface area contributed by atoms with Crippen molar-refractivity contribution in [1.82, 2.24) is 0 Å². The van der Waals surface area contributed by atoms with E-state index in [1.807, 2.05) is 0 Å². The van der Waals surface area contributed by atoms with Gasteiger partial charge in [0.05, 0.1) is 11.5 Å². The molecule has 7 heteroatoms. The Morgan fingerprint density at radius 1 is 1.24 bits per heavy atom. The van der Waals surface area contributed by atoms with E-state index in [4.69, 9.17) is 10.8 Å². The van der Waals surface area contributed by atoms with E-state index in [-0.39, 0.29) is 17.9 Å². The SMILES string of the molecule is Nc1cccc(C(=O)Nc2ccc(CO)cc2)c1[N+](=O)[O-]. The third kappa shape index (κ3) is 3.15. The Bertz CT molecular complexity index is 683. The first kappa shape index (κ1) is 14.5. The van der Waals surface area contributed by atoms with Crippen molar-refractivity contribution in [2.24, 2.45) is 0 Å². The molecule has 2 aromatic carbocycles. The number of carbonyl (C=O) groups is 1. The number of aliphatic hydroxyl groups excluding tert-OH is 1. The normalized spacial score (nSPS) is 10.1. The van der Waals surface area contributed by atoms with Gasteiger partial charge in [0.15, 0.2) is 0 Å². The second-order valence-electron chi connectivity index (χ2n) is 4.31. The van der Waals surface area contributed by atoms with Gasteiger partial charge >= 0.3 is 5.69 Å². The summed E-state index contributed by atoms with van der Waals surface area (Å²) in [5.41, 5.74) is 6.12. The molecule has 0 aliphatic carbocycles. The Balaban J connectivity index is 2.28. The van der Waals surface area contributed by atoms with E-state index in [2.05, 4.69) is 5.32 Å². The quantitative estimate of drug-likeness (QED) is 0.451. The molecule has 4 N–H and O–H groups in total. The number of hydrogen-bond donors (Lipinski definition) is 3. The molecule has 2 rings (SSSR count). The number of nitro benzene ring substituents is 1. The number of nitrogen functional groups attached to an aromatic ring is 1. The van der Waals surface area contributed by atoms with Crippen LogP contribution in [-0.2, 0) is 6.61 Å². The van der Waals surface area contributed by atoms with Crippen LogP contribution in [0.1, 0.15) is 15.9 Å². The number of nitrogens with zero attached hydrogens (tertiary/aromatic N) is 1. The molecular formula is C14H13N3O4. The Kier molecular flexibility index (Phi) is 4.15. The van der Waals surface area contributed by atoms with Crippen molar-refractivity contribution in [1.29, 1.82) is 0 Å². The summed E-state index contributed by atoms with van der Waals surface area (Å²) >= 11 is 0. The highest BCUT2D eigenvalue weighted by Gasteiger charge is 2.23. The zero-order chi connectivity index (χ0) is 15.4. The van der Waals surface area contributed by atoms with Crippen LogP contribution in [0.3, 0.4) is 0 Å². The first-order valence-electron chi connectivity index (χ1n) is 6.07. The Morgan fingerprint density at radius 2 is 1.90 bits per heavy atom. The van der Waals surface area contributed by atoms with E-state index in [9.17, 15) is 14.9 Å². The number of para-hydroxylation sites is 1. The molecule has 2 aromatic rings. The summed E-state index contributed by atoms with van der Waals surface area (Å²) in [4.78, 5) is 22.4. The van der Waals surface area contributed by atoms with Crippen LogP contribution in [0.2, 0.25) is 0 Å². The fraction of sp³-hybridized carbons (Fsp3) is 0.0714. The van der Waals surface area contributed by atoms with Gasteiger partial charge in [-0.05, 0) is 29.8 Å². The van der Waals surface area contributed by atoms with E-state index in [0.717, 1.165) is 0 Å². The minimum absolute atomic E-state index is 0.0664. The maximum atomic E-state index is 12.1. The van der Waals surface area contributed by atoms with E-state index in [1.54, 1.807) is 24.3 Å². The van der Waals surface area contributed by atoms with Crippen LogP contribution in [0.15, 0.2) is 42.5 Å². The van der Waals surface area contributed by atoms with Gasteiger partial charge in [0.2, 0.25) is 0 Å². The first-order valence-corrected chi connectivity index (χ1v) is 6.07. The van der Waals surface area contributed by atoms with E-state index in [0.29, 0.717) is 11.3 Å². The topological polar surface area (TPSA) is 118 Å². The van der Waals surface area contributed by atoms with Crippen LogP contribution >= 0.6 is 0 Å². The largest absolute Gasteiger partial charge is 0.393 e. The van der Waals surface area contributed by atoms with Crippen LogP contribution in [0.5, 0.6) is 0 Å². The average molecular weight is 287 g/mol.